The van der Waals surface area contributed by atoms with Gasteiger partial charge in [0.05, 0.1) is 6.54 Å². The minimum absolute atomic E-state index is 0.0319. The van der Waals surface area contributed by atoms with E-state index in [2.05, 4.69) is 27.4 Å². The first kappa shape index (κ1) is 18.2. The first-order valence-electron chi connectivity index (χ1n) is 9.16. The number of ether oxygens (including phenoxy) is 1. The molecular weight excluding hydrogens is 328 g/mol. The van der Waals surface area contributed by atoms with Gasteiger partial charge in [0.1, 0.15) is 6.10 Å². The van der Waals surface area contributed by atoms with E-state index in [1.807, 2.05) is 43.0 Å². The average molecular weight is 354 g/mol. The van der Waals surface area contributed by atoms with Crippen LogP contribution >= 0.6 is 0 Å². The fraction of sp³-hybridized carbons (Fsp3) is 0.450. The highest BCUT2D eigenvalue weighted by Crippen LogP contribution is 2.16. The molecule has 1 aromatic carbocycles. The van der Waals surface area contributed by atoms with Gasteiger partial charge in [-0.1, -0.05) is 30.3 Å². The van der Waals surface area contributed by atoms with Gasteiger partial charge in [0.25, 0.3) is 0 Å². The Kier molecular flexibility index (Phi) is 6.04. The lowest BCUT2D eigenvalue weighted by molar-refractivity contribution is 0.0937. The van der Waals surface area contributed by atoms with E-state index in [0.29, 0.717) is 19.1 Å². The molecule has 138 valence electrons. The van der Waals surface area contributed by atoms with Crippen molar-refractivity contribution < 1.29 is 9.53 Å². The van der Waals surface area contributed by atoms with E-state index in [1.54, 1.807) is 0 Å². The fourth-order valence-corrected chi connectivity index (χ4v) is 3.18. The minimum Gasteiger partial charge on any atom is -0.458 e. The SMILES string of the molecule is Cc1cc(C)nc(OC2CCCN(C(=O)NCCc3ccccc3)C2)n1. The Morgan fingerprint density at radius 3 is 2.69 bits per heavy atom. The van der Waals surface area contributed by atoms with Crippen molar-refractivity contribution in [2.75, 3.05) is 19.6 Å². The number of urea groups is 1. The van der Waals surface area contributed by atoms with Crippen LogP contribution in [0.4, 0.5) is 4.79 Å². The number of aryl methyl sites for hydroxylation is 2. The molecule has 6 heteroatoms. The van der Waals surface area contributed by atoms with Crippen molar-refractivity contribution in [2.24, 2.45) is 0 Å². The largest absolute Gasteiger partial charge is 0.458 e. The fourth-order valence-electron chi connectivity index (χ4n) is 3.18. The molecule has 1 aliphatic heterocycles. The first-order chi connectivity index (χ1) is 12.6. The van der Waals surface area contributed by atoms with Gasteiger partial charge in [-0.2, -0.15) is 0 Å². The van der Waals surface area contributed by atoms with Crippen molar-refractivity contribution in [3.8, 4) is 6.01 Å². The summed E-state index contributed by atoms with van der Waals surface area (Å²) in [6, 6.07) is 12.4. The van der Waals surface area contributed by atoms with Crippen LogP contribution in [0.2, 0.25) is 0 Å². The number of likely N-dealkylation sites (tertiary alicyclic amines) is 1. The molecule has 0 saturated carbocycles. The van der Waals surface area contributed by atoms with Crippen LogP contribution in [0, 0.1) is 13.8 Å². The number of nitrogens with one attached hydrogen (secondary N) is 1. The van der Waals surface area contributed by atoms with Gasteiger partial charge in [-0.3, -0.25) is 0 Å². The predicted molar refractivity (Wildman–Crippen MR) is 100 cm³/mol. The lowest BCUT2D eigenvalue weighted by Crippen LogP contribution is -2.49. The number of carbonyl (C=O) groups excluding carboxylic acids is 1. The summed E-state index contributed by atoms with van der Waals surface area (Å²) >= 11 is 0. The maximum absolute atomic E-state index is 12.4. The molecule has 0 bridgehead atoms. The molecule has 2 heterocycles. The van der Waals surface area contributed by atoms with Gasteiger partial charge in [0, 0.05) is 24.5 Å². The van der Waals surface area contributed by atoms with Crippen LogP contribution in [0.15, 0.2) is 36.4 Å². The molecule has 1 aliphatic rings. The number of nitrogens with zero attached hydrogens (tertiary/aromatic N) is 3. The second-order valence-electron chi connectivity index (χ2n) is 6.73. The second kappa shape index (κ2) is 8.65. The summed E-state index contributed by atoms with van der Waals surface area (Å²) in [5.41, 5.74) is 3.00. The van der Waals surface area contributed by atoms with E-state index in [4.69, 9.17) is 4.74 Å². The van der Waals surface area contributed by atoms with E-state index in [0.717, 1.165) is 37.2 Å². The molecule has 1 unspecified atom stereocenters. The predicted octanol–water partition coefficient (Wildman–Crippen LogP) is 2.89. The van der Waals surface area contributed by atoms with Crippen LogP contribution in [0.5, 0.6) is 6.01 Å². The number of carbonyl (C=O) groups is 1. The topological polar surface area (TPSA) is 67.3 Å². The van der Waals surface area contributed by atoms with Crippen LogP contribution < -0.4 is 10.1 Å². The molecule has 2 amide bonds. The minimum atomic E-state index is -0.0650. The highest BCUT2D eigenvalue weighted by atomic mass is 16.5. The Morgan fingerprint density at radius 2 is 1.96 bits per heavy atom. The van der Waals surface area contributed by atoms with E-state index >= 15 is 0 Å². The molecule has 3 rings (SSSR count). The molecular formula is C20H26N4O2. The lowest BCUT2D eigenvalue weighted by Gasteiger charge is -2.32. The number of piperidine rings is 1. The summed E-state index contributed by atoms with van der Waals surface area (Å²) in [6.07, 6.45) is 2.59. The number of amides is 2. The van der Waals surface area contributed by atoms with Crippen molar-refractivity contribution in [3.05, 3.63) is 53.3 Å². The third-order valence-corrected chi connectivity index (χ3v) is 4.43. The Labute approximate surface area is 154 Å². The number of aromatic nitrogens is 2. The van der Waals surface area contributed by atoms with Gasteiger partial charge >= 0.3 is 12.0 Å². The van der Waals surface area contributed by atoms with Crippen molar-refractivity contribution in [3.63, 3.8) is 0 Å². The number of hydrogen-bond acceptors (Lipinski definition) is 4. The van der Waals surface area contributed by atoms with Crippen LogP contribution in [-0.2, 0) is 6.42 Å². The standard InChI is InChI=1S/C20H26N4O2/c1-15-13-16(2)23-19(22-15)26-18-9-6-12-24(14-18)20(25)21-11-10-17-7-4-3-5-8-17/h3-5,7-8,13,18H,6,9-12,14H2,1-2H3,(H,21,25). The monoisotopic (exact) mass is 354 g/mol. The molecule has 1 saturated heterocycles. The third kappa shape index (κ3) is 5.18. The highest BCUT2D eigenvalue weighted by molar-refractivity contribution is 5.74. The molecule has 1 aromatic heterocycles. The normalized spacial score (nSPS) is 17.0. The first-order valence-corrected chi connectivity index (χ1v) is 9.16. The van der Waals surface area contributed by atoms with Gasteiger partial charge in [0.2, 0.25) is 0 Å². The molecule has 2 aromatic rings. The zero-order valence-electron chi connectivity index (χ0n) is 15.4. The van der Waals surface area contributed by atoms with Gasteiger partial charge in [-0.15, -0.1) is 0 Å². The Hall–Kier alpha value is -2.63. The summed E-state index contributed by atoms with van der Waals surface area (Å²) in [6.45, 7) is 5.80. The maximum Gasteiger partial charge on any atom is 0.317 e. The van der Waals surface area contributed by atoms with Crippen molar-refractivity contribution in [2.45, 2.75) is 39.2 Å². The van der Waals surface area contributed by atoms with Gasteiger partial charge in [-0.05, 0) is 44.7 Å². The molecule has 26 heavy (non-hydrogen) atoms. The molecule has 1 N–H and O–H groups in total. The quantitative estimate of drug-likeness (QED) is 0.896. The van der Waals surface area contributed by atoms with Gasteiger partial charge in [0.15, 0.2) is 0 Å². The lowest BCUT2D eigenvalue weighted by atomic mass is 10.1. The summed E-state index contributed by atoms with van der Waals surface area (Å²) < 4.78 is 5.93. The molecule has 6 nitrogen and oxygen atoms in total. The van der Waals surface area contributed by atoms with Gasteiger partial charge < -0.3 is 15.0 Å². The summed E-state index contributed by atoms with van der Waals surface area (Å²) in [4.78, 5) is 22.9. The van der Waals surface area contributed by atoms with Crippen LogP contribution in [0.25, 0.3) is 0 Å². The number of rotatable bonds is 5. The van der Waals surface area contributed by atoms with E-state index in [1.165, 1.54) is 5.56 Å². The average Bonchev–Trinajstić information content (AvgIpc) is 2.62. The van der Waals surface area contributed by atoms with Crippen molar-refractivity contribution in [1.82, 2.24) is 20.2 Å². The Bertz CT molecular complexity index is 716. The number of benzene rings is 1. The smallest absolute Gasteiger partial charge is 0.317 e. The Balaban J connectivity index is 1.48. The number of hydrogen-bond donors (Lipinski definition) is 1. The highest BCUT2D eigenvalue weighted by Gasteiger charge is 2.25. The zero-order chi connectivity index (χ0) is 18.4. The van der Waals surface area contributed by atoms with Crippen LogP contribution in [-0.4, -0.2) is 46.6 Å². The molecule has 0 radical (unpaired) electrons. The van der Waals surface area contributed by atoms with Crippen LogP contribution in [0.1, 0.15) is 29.8 Å². The summed E-state index contributed by atoms with van der Waals surface area (Å²) in [5.74, 6) is 0. The molecule has 0 aliphatic carbocycles. The zero-order valence-corrected chi connectivity index (χ0v) is 15.4. The second-order valence-corrected chi connectivity index (χ2v) is 6.73. The third-order valence-electron chi connectivity index (χ3n) is 4.43. The van der Waals surface area contributed by atoms with E-state index < -0.39 is 0 Å². The maximum atomic E-state index is 12.4. The molecule has 1 fully saturated rings. The van der Waals surface area contributed by atoms with E-state index in [9.17, 15) is 4.79 Å². The van der Waals surface area contributed by atoms with Crippen molar-refractivity contribution in [1.29, 1.82) is 0 Å². The summed E-state index contributed by atoms with van der Waals surface area (Å²) in [7, 11) is 0. The van der Waals surface area contributed by atoms with Gasteiger partial charge in [-0.25, -0.2) is 14.8 Å². The van der Waals surface area contributed by atoms with Crippen LogP contribution in [0.3, 0.4) is 0 Å². The van der Waals surface area contributed by atoms with E-state index in [-0.39, 0.29) is 12.1 Å². The summed E-state index contributed by atoms with van der Waals surface area (Å²) in [5, 5.41) is 3.00. The van der Waals surface area contributed by atoms with Crippen molar-refractivity contribution >= 4 is 6.03 Å². The molecule has 1 atom stereocenters. The Morgan fingerprint density at radius 1 is 1.23 bits per heavy atom. The molecule has 0 spiro atoms.